The average Bonchev–Trinajstić information content (AvgIpc) is 3.11. The molecule has 7 rings (SSSR count). The molecule has 12 nitrogen and oxygen atoms in total. The molecule has 0 bridgehead atoms. The Balaban J connectivity index is 0.867. The molecule has 0 atom stereocenters. The third kappa shape index (κ3) is 7.98. The van der Waals surface area contributed by atoms with Crippen molar-refractivity contribution < 1.29 is 23.0 Å². The van der Waals surface area contributed by atoms with Gasteiger partial charge in [-0.05, 0) is 75.6 Å². The van der Waals surface area contributed by atoms with Crippen LogP contribution in [0.15, 0.2) is 57.0 Å². The highest BCUT2D eigenvalue weighted by Gasteiger charge is 2.26. The van der Waals surface area contributed by atoms with Crippen LogP contribution in [0.25, 0.3) is 16.6 Å². The molecule has 0 radical (unpaired) electrons. The highest BCUT2D eigenvalue weighted by Crippen LogP contribution is 2.29. The van der Waals surface area contributed by atoms with Gasteiger partial charge in [0.05, 0.1) is 29.6 Å². The first-order valence-electron chi connectivity index (χ1n) is 17.4. The van der Waals surface area contributed by atoms with Crippen molar-refractivity contribution in [3.63, 3.8) is 0 Å². The van der Waals surface area contributed by atoms with Crippen LogP contribution in [0.3, 0.4) is 0 Å². The summed E-state index contributed by atoms with van der Waals surface area (Å²) in [7, 11) is 0. The van der Waals surface area contributed by atoms with Crippen LogP contribution in [-0.2, 0) is 16.1 Å². The Morgan fingerprint density at radius 3 is 2.36 bits per heavy atom. The summed E-state index contributed by atoms with van der Waals surface area (Å²) in [6.07, 6.45) is 6.81. The maximum atomic E-state index is 15.1. The number of fused-ring (bicyclic) bond motifs is 1. The number of anilines is 1. The number of hydrogen-bond acceptors (Lipinski definition) is 9. The van der Waals surface area contributed by atoms with Crippen LogP contribution in [0, 0.1) is 23.5 Å². The molecule has 0 saturated carbocycles. The lowest BCUT2D eigenvalue weighted by Crippen LogP contribution is -2.42. The molecule has 2 N–H and O–H groups in total. The lowest BCUT2D eigenvalue weighted by atomic mass is 9.93. The van der Waals surface area contributed by atoms with Gasteiger partial charge in [0.1, 0.15) is 35.2 Å². The monoisotopic (exact) mass is 692 g/mol. The summed E-state index contributed by atoms with van der Waals surface area (Å²) in [5, 5.41) is -0.0880. The van der Waals surface area contributed by atoms with Crippen molar-refractivity contribution in [1.82, 2.24) is 24.4 Å². The van der Waals surface area contributed by atoms with Crippen molar-refractivity contribution in [3.05, 3.63) is 91.2 Å². The Morgan fingerprint density at radius 1 is 0.860 bits per heavy atom. The molecule has 266 valence electrons. The number of nitrogens with one attached hydrogen (secondary N) is 2. The molecule has 2 aromatic carbocycles. The van der Waals surface area contributed by atoms with Crippen LogP contribution in [0.1, 0.15) is 44.3 Å². The molecular weight excluding hydrogens is 650 g/mol. The number of halogens is 2. The van der Waals surface area contributed by atoms with Crippen molar-refractivity contribution in [1.29, 1.82) is 0 Å². The minimum Gasteiger partial charge on any atom is -0.493 e. The maximum Gasteiger partial charge on any atom is 0.332 e. The molecule has 3 aliphatic rings. The van der Waals surface area contributed by atoms with Crippen LogP contribution in [0.5, 0.6) is 5.75 Å². The number of rotatable bonds is 10. The molecule has 3 saturated heterocycles. The van der Waals surface area contributed by atoms with Gasteiger partial charge in [-0.25, -0.2) is 18.6 Å². The summed E-state index contributed by atoms with van der Waals surface area (Å²) in [5.74, 6) is 0.499. The molecule has 0 spiro atoms. The Bertz CT molecular complexity index is 1980. The summed E-state index contributed by atoms with van der Waals surface area (Å²) in [6.45, 7) is 6.28. The van der Waals surface area contributed by atoms with Crippen LogP contribution in [0.4, 0.5) is 14.5 Å². The summed E-state index contributed by atoms with van der Waals surface area (Å²) in [5.41, 5.74) is -0.528. The van der Waals surface area contributed by atoms with Crippen molar-refractivity contribution >= 4 is 16.6 Å². The zero-order valence-corrected chi connectivity index (χ0v) is 27.9. The minimum atomic E-state index is -0.661. The van der Waals surface area contributed by atoms with Crippen molar-refractivity contribution in [2.45, 2.75) is 51.2 Å². The topological polar surface area (TPSA) is 135 Å². The van der Waals surface area contributed by atoms with Gasteiger partial charge in [-0.15, -0.1) is 0 Å². The Hall–Kier alpha value is -4.40. The van der Waals surface area contributed by atoms with E-state index in [0.29, 0.717) is 54.6 Å². The second-order valence-corrected chi connectivity index (χ2v) is 13.5. The number of H-pyrrole nitrogens is 2. The fourth-order valence-electron chi connectivity index (χ4n) is 7.23. The second kappa shape index (κ2) is 15.2. The number of likely N-dealkylation sites (tertiary alicyclic amines) is 1. The molecule has 0 unspecified atom stereocenters. The van der Waals surface area contributed by atoms with Crippen LogP contribution in [-0.4, -0.2) is 83.1 Å². The number of nitrogens with zero attached hydrogens (tertiary/aromatic N) is 4. The molecule has 0 amide bonds. The van der Waals surface area contributed by atoms with Crippen molar-refractivity contribution in [2.24, 2.45) is 11.8 Å². The normalized spacial score (nSPS) is 18.6. The number of aromatic nitrogens is 4. The predicted octanol–water partition coefficient (Wildman–Crippen LogP) is 3.74. The fourth-order valence-corrected chi connectivity index (χ4v) is 7.23. The maximum absolute atomic E-state index is 15.1. The summed E-state index contributed by atoms with van der Waals surface area (Å²) < 4.78 is 48.6. The molecular formula is C36H42F2N6O6. The van der Waals surface area contributed by atoms with E-state index < -0.39 is 28.4 Å². The first-order chi connectivity index (χ1) is 24.3. The van der Waals surface area contributed by atoms with Gasteiger partial charge in [0.15, 0.2) is 0 Å². The predicted molar refractivity (Wildman–Crippen MR) is 183 cm³/mol. The van der Waals surface area contributed by atoms with Gasteiger partial charge in [-0.1, -0.05) is 0 Å². The fraction of sp³-hybridized carbons (Fsp3) is 0.500. The first kappa shape index (κ1) is 34.1. The van der Waals surface area contributed by atoms with Gasteiger partial charge >= 0.3 is 5.69 Å². The van der Waals surface area contributed by atoms with Crippen molar-refractivity contribution in [3.8, 4) is 11.4 Å². The lowest BCUT2D eigenvalue weighted by molar-refractivity contribution is -0.0408. The van der Waals surface area contributed by atoms with Gasteiger partial charge in [0.25, 0.3) is 11.1 Å². The SMILES string of the molecule is O=c1ccn(-c2ccc(N3CCC(CN4CCC(COc5cc(F)c6c(=O)[nH]c(COC7CCOCC7)nc6c5)CC4)CC3)c(F)c2)c(=O)[nH]1. The first-order valence-corrected chi connectivity index (χ1v) is 17.4. The zero-order chi connectivity index (χ0) is 34.6. The Labute approximate surface area is 287 Å². The molecule has 3 fully saturated rings. The van der Waals surface area contributed by atoms with E-state index >= 15 is 4.39 Å². The van der Waals surface area contributed by atoms with Gasteiger partial charge in [-0.3, -0.25) is 19.1 Å². The van der Waals surface area contributed by atoms with E-state index in [-0.39, 0.29) is 23.6 Å². The molecule has 14 heteroatoms. The molecule has 50 heavy (non-hydrogen) atoms. The van der Waals surface area contributed by atoms with E-state index in [1.807, 2.05) is 0 Å². The van der Waals surface area contributed by atoms with E-state index in [0.717, 1.165) is 71.2 Å². The summed E-state index contributed by atoms with van der Waals surface area (Å²) >= 11 is 0. The van der Waals surface area contributed by atoms with E-state index in [1.165, 1.54) is 29.0 Å². The quantitative estimate of drug-likeness (QED) is 0.255. The third-order valence-corrected chi connectivity index (χ3v) is 10.1. The minimum absolute atomic E-state index is 0.0450. The van der Waals surface area contributed by atoms with E-state index in [4.69, 9.17) is 14.2 Å². The van der Waals surface area contributed by atoms with Gasteiger partial charge in [0.2, 0.25) is 0 Å². The lowest BCUT2D eigenvalue weighted by Gasteiger charge is -2.38. The smallest absolute Gasteiger partial charge is 0.332 e. The number of hydrogen-bond donors (Lipinski definition) is 2. The van der Waals surface area contributed by atoms with Gasteiger partial charge in [-0.2, -0.15) is 0 Å². The number of aromatic amines is 2. The van der Waals surface area contributed by atoms with Crippen LogP contribution < -0.4 is 26.4 Å². The van der Waals surface area contributed by atoms with E-state index in [9.17, 15) is 18.8 Å². The van der Waals surface area contributed by atoms with E-state index in [2.05, 4.69) is 24.8 Å². The number of ether oxygens (including phenoxy) is 3. The van der Waals surface area contributed by atoms with Crippen LogP contribution in [0.2, 0.25) is 0 Å². The van der Waals surface area contributed by atoms with Gasteiger partial charge < -0.3 is 29.0 Å². The van der Waals surface area contributed by atoms with E-state index in [1.54, 1.807) is 18.2 Å². The third-order valence-electron chi connectivity index (χ3n) is 10.1. The average molecular weight is 693 g/mol. The molecule has 0 aliphatic carbocycles. The standard InChI is InChI=1S/C36H42F2N6O6/c37-28-17-25(44-14-7-33(45)41-36(44)47)1-2-31(28)43-12-5-23(6-13-43)20-42-10-3-24(4-11-42)21-49-27-18-29(38)34-30(19-27)39-32(40-35(34)46)22-50-26-8-15-48-16-9-26/h1-2,7,14,17-19,23-24,26H,3-6,8-13,15-16,20-22H2,(H,39,40,46)(H,41,45,47). The molecule has 3 aliphatic heterocycles. The molecule has 4 aromatic rings. The van der Waals surface area contributed by atoms with Crippen molar-refractivity contribution in [2.75, 3.05) is 57.4 Å². The highest BCUT2D eigenvalue weighted by molar-refractivity contribution is 5.79. The number of piperidine rings is 2. The Kier molecular flexibility index (Phi) is 10.4. The summed E-state index contributed by atoms with van der Waals surface area (Å²) in [6, 6.07) is 8.82. The molecule has 2 aromatic heterocycles. The number of benzene rings is 2. The largest absolute Gasteiger partial charge is 0.493 e. The van der Waals surface area contributed by atoms with Crippen LogP contribution >= 0.6 is 0 Å². The van der Waals surface area contributed by atoms with Gasteiger partial charge in [0, 0.05) is 63.3 Å². The highest BCUT2D eigenvalue weighted by atomic mass is 19.1. The zero-order valence-electron chi connectivity index (χ0n) is 27.9. The summed E-state index contributed by atoms with van der Waals surface area (Å²) in [4.78, 5) is 50.0. The Morgan fingerprint density at radius 2 is 1.62 bits per heavy atom. The second-order valence-electron chi connectivity index (χ2n) is 13.5. The molecule has 5 heterocycles.